The fraction of sp³-hybridized carbons (Fsp3) is 0.538. The highest BCUT2D eigenvalue weighted by Gasteiger charge is 2.33. The van der Waals surface area contributed by atoms with Crippen LogP contribution in [0, 0.1) is 13.8 Å². The Labute approximate surface area is 212 Å². The first-order chi connectivity index (χ1) is 17.2. The number of amides is 3. The number of nitrogens with one attached hydrogen (secondary N) is 1. The van der Waals surface area contributed by atoms with Crippen LogP contribution in [0.3, 0.4) is 0 Å². The molecule has 3 amide bonds. The van der Waals surface area contributed by atoms with Gasteiger partial charge in [-0.25, -0.2) is 19.7 Å². The van der Waals surface area contributed by atoms with Gasteiger partial charge in [-0.05, 0) is 90.9 Å². The number of rotatable bonds is 8. The molecule has 3 atom stereocenters. The molecule has 10 heteroatoms. The number of likely N-dealkylation sites (tertiary alicyclic amines) is 1. The number of carbonyl (C=O) groups is 2. The second kappa shape index (κ2) is 11.2. The van der Waals surface area contributed by atoms with Crippen molar-refractivity contribution in [1.82, 2.24) is 20.2 Å². The van der Waals surface area contributed by atoms with Gasteiger partial charge in [0.2, 0.25) is 0 Å². The van der Waals surface area contributed by atoms with E-state index in [4.69, 9.17) is 15.2 Å². The van der Waals surface area contributed by atoms with E-state index in [0.717, 1.165) is 43.7 Å². The zero-order chi connectivity index (χ0) is 25.8. The third kappa shape index (κ3) is 5.76. The number of hydrogen-bond acceptors (Lipinski definition) is 8. The monoisotopic (exact) mass is 496 g/mol. The number of urea groups is 1. The summed E-state index contributed by atoms with van der Waals surface area (Å²) >= 11 is 0. The second-order valence-electron chi connectivity index (χ2n) is 9.67. The lowest BCUT2D eigenvalue weighted by Gasteiger charge is -2.26. The Morgan fingerprint density at radius 3 is 2.50 bits per heavy atom. The van der Waals surface area contributed by atoms with E-state index in [1.54, 1.807) is 38.1 Å². The second-order valence-corrected chi connectivity index (χ2v) is 9.67. The predicted octanol–water partition coefficient (Wildman–Crippen LogP) is 2.81. The van der Waals surface area contributed by atoms with Crippen LogP contribution in [0.15, 0.2) is 24.3 Å². The van der Waals surface area contributed by atoms with Crippen LogP contribution in [-0.2, 0) is 0 Å². The predicted molar refractivity (Wildman–Crippen MR) is 137 cm³/mol. The molecule has 2 aromatic rings. The number of aromatic nitrogens is 2. The van der Waals surface area contributed by atoms with Crippen molar-refractivity contribution in [3.63, 3.8) is 0 Å². The highest BCUT2D eigenvalue weighted by molar-refractivity contribution is 6.20. The highest BCUT2D eigenvalue weighted by Crippen LogP contribution is 2.31. The van der Waals surface area contributed by atoms with E-state index >= 15 is 0 Å². The first-order valence-corrected chi connectivity index (χ1v) is 12.6. The summed E-state index contributed by atoms with van der Waals surface area (Å²) in [6.45, 7) is 7.87. The molecule has 4 rings (SSSR count). The average molecular weight is 497 g/mol. The lowest BCUT2D eigenvalue weighted by Crippen LogP contribution is -2.43. The maximum atomic E-state index is 13.8. The van der Waals surface area contributed by atoms with E-state index in [1.807, 2.05) is 6.92 Å². The summed E-state index contributed by atoms with van der Waals surface area (Å²) in [5, 5.41) is 3.41. The van der Waals surface area contributed by atoms with Gasteiger partial charge in [0.15, 0.2) is 23.0 Å². The fourth-order valence-corrected chi connectivity index (χ4v) is 4.77. The zero-order valence-corrected chi connectivity index (χ0v) is 21.5. The Bertz CT molecular complexity index is 1100. The van der Waals surface area contributed by atoms with E-state index in [9.17, 15) is 9.59 Å². The molecule has 0 bridgehead atoms. The smallest absolute Gasteiger partial charge is 0.327 e. The van der Waals surface area contributed by atoms with Crippen LogP contribution >= 0.6 is 0 Å². The van der Waals surface area contributed by atoms with E-state index in [-0.39, 0.29) is 29.7 Å². The van der Waals surface area contributed by atoms with Crippen molar-refractivity contribution in [2.45, 2.75) is 64.6 Å². The third-order valence-corrected chi connectivity index (χ3v) is 6.89. The Hall–Kier alpha value is -3.24. The molecule has 0 radical (unpaired) electrons. The van der Waals surface area contributed by atoms with Crippen molar-refractivity contribution in [2.75, 3.05) is 31.6 Å². The van der Waals surface area contributed by atoms with E-state index in [0.29, 0.717) is 29.5 Å². The van der Waals surface area contributed by atoms with Crippen molar-refractivity contribution in [1.29, 1.82) is 0 Å². The van der Waals surface area contributed by atoms with Gasteiger partial charge in [0, 0.05) is 23.5 Å². The number of pyridine rings is 2. The molecule has 2 aliphatic rings. The van der Waals surface area contributed by atoms with Crippen LogP contribution in [0.2, 0.25) is 0 Å². The third-order valence-electron chi connectivity index (χ3n) is 6.89. The molecule has 0 aromatic carbocycles. The van der Waals surface area contributed by atoms with Crippen LogP contribution in [0.1, 0.15) is 54.5 Å². The van der Waals surface area contributed by atoms with Crippen molar-refractivity contribution in [3.8, 4) is 11.5 Å². The van der Waals surface area contributed by atoms with E-state index in [2.05, 4.69) is 27.2 Å². The maximum Gasteiger partial charge on any atom is 0.327 e. The molecule has 2 fully saturated rings. The molecule has 2 saturated heterocycles. The SMILES string of the molecule is Cc1ccc(OC[C@H]2CCCN2C)c(C(=O)N(C(N)=O)c2nc(C)ccc2OC(C)[C@@H]2CCCN2)n1. The average Bonchev–Trinajstić information content (AvgIpc) is 3.52. The van der Waals surface area contributed by atoms with Gasteiger partial charge >= 0.3 is 6.03 Å². The summed E-state index contributed by atoms with van der Waals surface area (Å²) in [4.78, 5) is 38.4. The van der Waals surface area contributed by atoms with E-state index < -0.39 is 11.9 Å². The first-order valence-electron chi connectivity index (χ1n) is 12.6. The van der Waals surface area contributed by atoms with Gasteiger partial charge in [-0.2, -0.15) is 0 Å². The van der Waals surface area contributed by atoms with Gasteiger partial charge in [-0.3, -0.25) is 4.79 Å². The minimum atomic E-state index is -0.973. The minimum absolute atomic E-state index is 0.00853. The summed E-state index contributed by atoms with van der Waals surface area (Å²) in [5.41, 5.74) is 6.98. The van der Waals surface area contributed by atoms with Gasteiger partial charge in [0.1, 0.15) is 12.7 Å². The number of nitrogens with zero attached hydrogens (tertiary/aromatic N) is 4. The van der Waals surface area contributed by atoms with E-state index in [1.165, 1.54) is 0 Å². The van der Waals surface area contributed by atoms with Crippen molar-refractivity contribution in [2.24, 2.45) is 5.73 Å². The Morgan fingerprint density at radius 1 is 1.14 bits per heavy atom. The molecule has 194 valence electrons. The van der Waals surface area contributed by atoms with Gasteiger partial charge in [0.25, 0.3) is 5.91 Å². The van der Waals surface area contributed by atoms with Crippen LogP contribution in [-0.4, -0.2) is 71.7 Å². The van der Waals surface area contributed by atoms with Crippen LogP contribution in [0.5, 0.6) is 11.5 Å². The van der Waals surface area contributed by atoms with Gasteiger partial charge in [0.05, 0.1) is 0 Å². The highest BCUT2D eigenvalue weighted by atomic mass is 16.5. The topological polar surface area (TPSA) is 123 Å². The summed E-state index contributed by atoms with van der Waals surface area (Å²) in [6.07, 6.45) is 3.99. The molecule has 0 spiro atoms. The summed E-state index contributed by atoms with van der Waals surface area (Å²) in [7, 11) is 2.06. The molecule has 0 saturated carbocycles. The number of ether oxygens (including phenoxy) is 2. The Morgan fingerprint density at radius 2 is 1.86 bits per heavy atom. The molecular weight excluding hydrogens is 460 g/mol. The molecule has 0 aliphatic carbocycles. The molecule has 4 heterocycles. The molecule has 1 unspecified atom stereocenters. The largest absolute Gasteiger partial charge is 0.489 e. The van der Waals surface area contributed by atoms with Crippen LogP contribution < -0.4 is 25.4 Å². The normalized spacial score (nSPS) is 20.8. The lowest BCUT2D eigenvalue weighted by molar-refractivity contribution is 0.0981. The number of carbonyl (C=O) groups excluding carboxylic acids is 2. The van der Waals surface area contributed by atoms with Crippen molar-refractivity contribution in [3.05, 3.63) is 41.3 Å². The summed E-state index contributed by atoms with van der Waals surface area (Å²) in [6, 6.07) is 6.42. The molecule has 2 aromatic heterocycles. The number of hydrogen-bond donors (Lipinski definition) is 2. The summed E-state index contributed by atoms with van der Waals surface area (Å²) < 4.78 is 12.3. The standard InChI is InChI=1S/C26H36N6O4/c1-16-9-11-21(35-15-19-7-6-14-31(19)4)23(29-16)25(33)32(26(27)34)24-22(12-10-17(2)30-24)36-18(3)20-8-5-13-28-20/h9-12,18-20,28H,5-8,13-15H2,1-4H3,(H2,27,34)/t18?,19-,20+/m1/s1. The Balaban J connectivity index is 1.64. The van der Waals surface area contributed by atoms with Crippen LogP contribution in [0.4, 0.5) is 10.6 Å². The van der Waals surface area contributed by atoms with Crippen molar-refractivity contribution < 1.29 is 19.1 Å². The molecule has 3 N–H and O–H groups in total. The Kier molecular flexibility index (Phi) is 8.05. The quantitative estimate of drug-likeness (QED) is 0.572. The maximum absolute atomic E-state index is 13.8. The van der Waals surface area contributed by atoms with Gasteiger partial charge in [-0.15, -0.1) is 0 Å². The number of anilines is 1. The summed E-state index contributed by atoms with van der Waals surface area (Å²) in [5.74, 6) is -0.0647. The number of imide groups is 1. The first kappa shape index (κ1) is 25.8. The van der Waals surface area contributed by atoms with Crippen molar-refractivity contribution >= 4 is 17.8 Å². The van der Waals surface area contributed by atoms with Gasteiger partial charge < -0.3 is 25.4 Å². The molecular formula is C26H36N6O4. The molecule has 2 aliphatic heterocycles. The molecule has 10 nitrogen and oxygen atoms in total. The molecule has 36 heavy (non-hydrogen) atoms. The number of aryl methyl sites for hydroxylation is 2. The minimum Gasteiger partial charge on any atom is -0.489 e. The lowest BCUT2D eigenvalue weighted by atomic mass is 10.1. The van der Waals surface area contributed by atoms with Gasteiger partial charge in [-0.1, -0.05) is 0 Å². The fourth-order valence-electron chi connectivity index (χ4n) is 4.77. The van der Waals surface area contributed by atoms with Crippen LogP contribution in [0.25, 0.3) is 0 Å². The number of likely N-dealkylation sites (N-methyl/N-ethyl adjacent to an activating group) is 1. The number of nitrogens with two attached hydrogens (primary N) is 1. The zero-order valence-electron chi connectivity index (χ0n) is 21.5. The number of primary amides is 1.